The first-order valence-electron chi connectivity index (χ1n) is 5.33. The predicted octanol–water partition coefficient (Wildman–Crippen LogP) is 2.04. The molecule has 0 amide bonds. The first-order chi connectivity index (χ1) is 7.66. The first-order valence-corrected chi connectivity index (χ1v) is 6.21. The van der Waals surface area contributed by atoms with Crippen LogP contribution in [0.1, 0.15) is 19.5 Å². The Morgan fingerprint density at radius 3 is 2.94 bits per heavy atom. The van der Waals surface area contributed by atoms with E-state index in [9.17, 15) is 0 Å². The Labute approximate surface area is 99.3 Å². The maximum Gasteiger partial charge on any atom is 0.141 e. The molecular weight excluding hydrogens is 220 g/mol. The number of rotatable bonds is 4. The Morgan fingerprint density at radius 1 is 1.50 bits per heavy atom. The molecule has 0 fully saturated rings. The largest absolute Gasteiger partial charge is 0.309 e. The lowest BCUT2D eigenvalue weighted by Crippen LogP contribution is -2.21. The Balaban J connectivity index is 2.11. The topological polar surface area (TPSA) is 42.7 Å². The van der Waals surface area contributed by atoms with E-state index in [1.54, 1.807) is 17.5 Å². The van der Waals surface area contributed by atoms with Gasteiger partial charge < -0.3 is 5.32 Å². The molecule has 0 spiro atoms. The molecule has 2 rings (SSSR count). The molecule has 0 aromatic carbocycles. The number of hydrogen-bond donors (Lipinski definition) is 1. The van der Waals surface area contributed by atoms with Crippen LogP contribution < -0.4 is 5.32 Å². The highest BCUT2D eigenvalue weighted by Gasteiger charge is 2.07. The summed E-state index contributed by atoms with van der Waals surface area (Å²) in [6, 6.07) is 2.47. The average Bonchev–Trinajstić information content (AvgIpc) is 2.83. The van der Waals surface area contributed by atoms with E-state index in [2.05, 4.69) is 34.6 Å². The van der Waals surface area contributed by atoms with Crippen LogP contribution >= 0.6 is 11.3 Å². The molecule has 0 saturated carbocycles. The normalized spacial score (nSPS) is 11.2. The molecule has 0 atom stereocenters. The molecule has 2 aromatic rings. The smallest absolute Gasteiger partial charge is 0.141 e. The van der Waals surface area contributed by atoms with Crippen LogP contribution in [0, 0.1) is 0 Å². The lowest BCUT2D eigenvalue weighted by Gasteiger charge is -2.04. The highest BCUT2D eigenvalue weighted by molar-refractivity contribution is 7.13. The van der Waals surface area contributed by atoms with Gasteiger partial charge in [-0.25, -0.2) is 4.98 Å². The highest BCUT2D eigenvalue weighted by atomic mass is 32.1. The van der Waals surface area contributed by atoms with Gasteiger partial charge >= 0.3 is 0 Å². The minimum absolute atomic E-state index is 0.488. The maximum atomic E-state index is 4.58. The SMILES string of the molecule is CC(C)NCc1csc(-c2ccnn2C)n1. The monoisotopic (exact) mass is 236 g/mol. The fraction of sp³-hybridized carbons (Fsp3) is 0.455. The molecule has 16 heavy (non-hydrogen) atoms. The van der Waals surface area contributed by atoms with Gasteiger partial charge in [0.2, 0.25) is 0 Å². The van der Waals surface area contributed by atoms with Crippen LogP contribution in [0.3, 0.4) is 0 Å². The molecule has 0 bridgehead atoms. The summed E-state index contributed by atoms with van der Waals surface area (Å²) in [6.45, 7) is 5.09. The summed E-state index contributed by atoms with van der Waals surface area (Å²) in [5, 5.41) is 10.6. The molecule has 1 N–H and O–H groups in total. The van der Waals surface area contributed by atoms with Crippen molar-refractivity contribution >= 4 is 11.3 Å². The van der Waals surface area contributed by atoms with E-state index in [1.165, 1.54) is 0 Å². The predicted molar refractivity (Wildman–Crippen MR) is 66.3 cm³/mol. The van der Waals surface area contributed by atoms with E-state index in [0.29, 0.717) is 6.04 Å². The van der Waals surface area contributed by atoms with E-state index in [0.717, 1.165) is 22.9 Å². The Morgan fingerprint density at radius 2 is 2.31 bits per heavy atom. The van der Waals surface area contributed by atoms with Crippen LogP contribution in [0.15, 0.2) is 17.6 Å². The van der Waals surface area contributed by atoms with Gasteiger partial charge in [0.25, 0.3) is 0 Å². The zero-order valence-corrected chi connectivity index (χ0v) is 10.6. The number of aryl methyl sites for hydroxylation is 1. The van der Waals surface area contributed by atoms with E-state index in [4.69, 9.17) is 0 Å². The number of nitrogens with zero attached hydrogens (tertiary/aromatic N) is 3. The zero-order valence-electron chi connectivity index (χ0n) is 9.77. The summed E-state index contributed by atoms with van der Waals surface area (Å²) in [6.07, 6.45) is 1.79. The van der Waals surface area contributed by atoms with Gasteiger partial charge in [0.15, 0.2) is 0 Å². The van der Waals surface area contributed by atoms with Gasteiger partial charge in [-0.2, -0.15) is 5.10 Å². The van der Waals surface area contributed by atoms with Crippen molar-refractivity contribution in [2.24, 2.45) is 7.05 Å². The number of hydrogen-bond acceptors (Lipinski definition) is 4. The standard InChI is InChI=1S/C11H16N4S/c1-8(2)12-6-9-7-16-11(14-9)10-4-5-13-15(10)3/h4-5,7-8,12H,6H2,1-3H3. The lowest BCUT2D eigenvalue weighted by atomic mass is 10.3. The molecule has 0 aliphatic carbocycles. The Kier molecular flexibility index (Phi) is 3.36. The summed E-state index contributed by atoms with van der Waals surface area (Å²) in [7, 11) is 1.93. The first kappa shape index (κ1) is 11.3. The van der Waals surface area contributed by atoms with Crippen molar-refractivity contribution in [3.63, 3.8) is 0 Å². The van der Waals surface area contributed by atoms with Crippen LogP contribution in [-0.2, 0) is 13.6 Å². The number of nitrogens with one attached hydrogen (secondary N) is 1. The fourth-order valence-corrected chi connectivity index (χ4v) is 2.27. The maximum absolute atomic E-state index is 4.58. The molecule has 0 radical (unpaired) electrons. The highest BCUT2D eigenvalue weighted by Crippen LogP contribution is 2.22. The second-order valence-corrected chi connectivity index (χ2v) is 4.88. The third kappa shape index (κ3) is 2.48. The van der Waals surface area contributed by atoms with Gasteiger partial charge in [0, 0.05) is 31.2 Å². The zero-order chi connectivity index (χ0) is 11.5. The van der Waals surface area contributed by atoms with Crippen molar-refractivity contribution < 1.29 is 0 Å². The molecular formula is C11H16N4S. The summed E-state index contributed by atoms with van der Waals surface area (Å²) in [5.74, 6) is 0. The minimum Gasteiger partial charge on any atom is -0.309 e. The van der Waals surface area contributed by atoms with Gasteiger partial charge in [-0.15, -0.1) is 11.3 Å². The fourth-order valence-electron chi connectivity index (χ4n) is 1.40. The number of aromatic nitrogens is 3. The van der Waals surface area contributed by atoms with Crippen LogP contribution in [-0.4, -0.2) is 20.8 Å². The molecule has 2 aromatic heterocycles. The van der Waals surface area contributed by atoms with E-state index >= 15 is 0 Å². The molecule has 86 valence electrons. The number of thiazole rings is 1. The van der Waals surface area contributed by atoms with E-state index in [-0.39, 0.29) is 0 Å². The molecule has 2 heterocycles. The molecule has 0 aliphatic heterocycles. The van der Waals surface area contributed by atoms with Crippen molar-refractivity contribution in [2.75, 3.05) is 0 Å². The van der Waals surface area contributed by atoms with Crippen LogP contribution in [0.25, 0.3) is 10.7 Å². The van der Waals surface area contributed by atoms with Crippen LogP contribution in [0.5, 0.6) is 0 Å². The van der Waals surface area contributed by atoms with Gasteiger partial charge in [0.1, 0.15) is 5.01 Å². The van der Waals surface area contributed by atoms with Crippen molar-refractivity contribution in [3.8, 4) is 10.7 Å². The van der Waals surface area contributed by atoms with Crippen molar-refractivity contribution in [1.82, 2.24) is 20.1 Å². The van der Waals surface area contributed by atoms with E-state index < -0.39 is 0 Å². The van der Waals surface area contributed by atoms with Gasteiger partial charge in [-0.3, -0.25) is 4.68 Å². The van der Waals surface area contributed by atoms with Crippen molar-refractivity contribution in [2.45, 2.75) is 26.4 Å². The van der Waals surface area contributed by atoms with Gasteiger partial charge in [-0.05, 0) is 6.07 Å². The third-order valence-electron chi connectivity index (χ3n) is 2.28. The van der Waals surface area contributed by atoms with E-state index in [1.807, 2.05) is 17.8 Å². The molecule has 0 unspecified atom stereocenters. The lowest BCUT2D eigenvalue weighted by molar-refractivity contribution is 0.583. The van der Waals surface area contributed by atoms with Crippen molar-refractivity contribution in [1.29, 1.82) is 0 Å². The summed E-state index contributed by atoms with van der Waals surface area (Å²) >= 11 is 1.66. The summed E-state index contributed by atoms with van der Waals surface area (Å²) in [4.78, 5) is 4.58. The second kappa shape index (κ2) is 4.76. The second-order valence-electron chi connectivity index (χ2n) is 4.02. The molecule has 4 nitrogen and oxygen atoms in total. The summed E-state index contributed by atoms with van der Waals surface area (Å²) in [5.41, 5.74) is 2.16. The quantitative estimate of drug-likeness (QED) is 0.883. The third-order valence-corrected chi connectivity index (χ3v) is 3.20. The van der Waals surface area contributed by atoms with Crippen LogP contribution in [0.4, 0.5) is 0 Å². The summed E-state index contributed by atoms with van der Waals surface area (Å²) < 4.78 is 1.85. The minimum atomic E-state index is 0.488. The Bertz CT molecular complexity index is 458. The Hall–Kier alpha value is -1.20. The molecule has 0 saturated heterocycles. The van der Waals surface area contributed by atoms with Gasteiger partial charge in [-0.1, -0.05) is 13.8 Å². The van der Waals surface area contributed by atoms with Crippen molar-refractivity contribution in [3.05, 3.63) is 23.3 Å². The molecule has 0 aliphatic rings. The van der Waals surface area contributed by atoms with Crippen LogP contribution in [0.2, 0.25) is 0 Å². The van der Waals surface area contributed by atoms with Gasteiger partial charge in [0.05, 0.1) is 11.4 Å². The molecule has 5 heteroatoms. The average molecular weight is 236 g/mol.